The Labute approximate surface area is 230 Å². The predicted octanol–water partition coefficient (Wildman–Crippen LogP) is 3.36. The van der Waals surface area contributed by atoms with Gasteiger partial charge in [0.2, 0.25) is 10.0 Å². The molecule has 2 saturated heterocycles. The average Bonchev–Trinajstić information content (AvgIpc) is 2.94. The van der Waals surface area contributed by atoms with E-state index in [4.69, 9.17) is 0 Å². The molecule has 0 radical (unpaired) electrons. The number of piperidine rings is 2. The molecule has 13 heteroatoms. The third-order valence-corrected chi connectivity index (χ3v) is 9.21. The molecule has 2 aromatic heterocycles. The van der Waals surface area contributed by atoms with Crippen LogP contribution in [0.5, 0.6) is 0 Å². The van der Waals surface area contributed by atoms with Gasteiger partial charge in [-0.15, -0.1) is 0 Å². The molecule has 9 nitrogen and oxygen atoms in total. The highest BCUT2D eigenvalue weighted by Crippen LogP contribution is 2.30. The Morgan fingerprint density at radius 2 is 1.62 bits per heavy atom. The number of benzene rings is 1. The Hall–Kier alpha value is -3.26. The fourth-order valence-electron chi connectivity index (χ4n) is 4.96. The molecular formula is C27H30F3N5O4S. The van der Waals surface area contributed by atoms with Crippen molar-refractivity contribution in [1.29, 1.82) is 0 Å². The number of aliphatic hydroxyl groups is 2. The van der Waals surface area contributed by atoms with E-state index in [1.54, 1.807) is 18.3 Å². The molecule has 0 aliphatic carbocycles. The highest BCUT2D eigenvalue weighted by Gasteiger charge is 2.35. The molecule has 214 valence electrons. The van der Waals surface area contributed by atoms with Gasteiger partial charge in [-0.3, -0.25) is 0 Å². The largest absolute Gasteiger partial charge is 0.417 e. The summed E-state index contributed by atoms with van der Waals surface area (Å²) in [6.07, 6.45) is -1.83. The summed E-state index contributed by atoms with van der Waals surface area (Å²) in [6, 6.07) is 11.8. The second-order valence-electron chi connectivity index (χ2n) is 10.0. The molecule has 4 heterocycles. The number of pyridine rings is 2. The highest BCUT2D eigenvalue weighted by molar-refractivity contribution is 7.89. The van der Waals surface area contributed by atoms with Crippen molar-refractivity contribution in [3.05, 3.63) is 66.5 Å². The van der Waals surface area contributed by atoms with Crippen molar-refractivity contribution in [3.63, 3.8) is 0 Å². The van der Waals surface area contributed by atoms with E-state index in [-0.39, 0.29) is 36.3 Å². The molecule has 1 aromatic carbocycles. The van der Waals surface area contributed by atoms with Crippen molar-refractivity contribution in [2.24, 2.45) is 0 Å². The maximum absolute atomic E-state index is 13.3. The second-order valence-corrected chi connectivity index (χ2v) is 12.0. The van der Waals surface area contributed by atoms with Crippen LogP contribution in [0.4, 0.5) is 24.8 Å². The molecule has 40 heavy (non-hydrogen) atoms. The van der Waals surface area contributed by atoms with E-state index < -0.39 is 33.9 Å². The van der Waals surface area contributed by atoms with Crippen molar-refractivity contribution in [1.82, 2.24) is 14.3 Å². The average molecular weight is 578 g/mol. The van der Waals surface area contributed by atoms with Gasteiger partial charge in [0, 0.05) is 38.6 Å². The quantitative estimate of drug-likeness (QED) is 0.408. The summed E-state index contributed by atoms with van der Waals surface area (Å²) >= 11 is 0. The molecule has 2 aliphatic heterocycles. The first-order chi connectivity index (χ1) is 19.0. The summed E-state index contributed by atoms with van der Waals surface area (Å²) in [7, 11) is -3.88. The molecular weight excluding hydrogens is 547 g/mol. The maximum Gasteiger partial charge on any atom is 0.417 e. The first kappa shape index (κ1) is 28.3. The van der Waals surface area contributed by atoms with Crippen molar-refractivity contribution in [2.45, 2.75) is 48.6 Å². The molecule has 3 N–H and O–H groups in total. The topological polar surface area (TPSA) is 119 Å². The number of β-amino-alcohol motifs (C(OH)–C–C–N with tert-alkyl or cyclic N) is 1. The Balaban J connectivity index is 1.22. The smallest absolute Gasteiger partial charge is 0.393 e. The van der Waals surface area contributed by atoms with Crippen LogP contribution in [-0.4, -0.2) is 77.3 Å². The molecule has 0 unspecified atom stereocenters. The first-order valence-electron chi connectivity index (χ1n) is 13.0. The zero-order valence-electron chi connectivity index (χ0n) is 21.5. The zero-order chi connectivity index (χ0) is 28.5. The fourth-order valence-corrected chi connectivity index (χ4v) is 6.43. The summed E-state index contributed by atoms with van der Waals surface area (Å²) < 4.78 is 66.1. The predicted molar refractivity (Wildman–Crippen MR) is 143 cm³/mol. The number of aromatic nitrogens is 2. The van der Waals surface area contributed by atoms with Crippen molar-refractivity contribution >= 4 is 21.7 Å². The number of sulfonamides is 1. The normalized spacial score (nSPS) is 21.4. The number of rotatable bonds is 6. The highest BCUT2D eigenvalue weighted by atomic mass is 32.2. The van der Waals surface area contributed by atoms with E-state index in [0.717, 1.165) is 23.0 Å². The van der Waals surface area contributed by atoms with Gasteiger partial charge in [0.1, 0.15) is 11.6 Å². The van der Waals surface area contributed by atoms with Gasteiger partial charge >= 0.3 is 6.18 Å². The Morgan fingerprint density at radius 3 is 2.25 bits per heavy atom. The lowest BCUT2D eigenvalue weighted by molar-refractivity contribution is -0.137. The van der Waals surface area contributed by atoms with Crippen LogP contribution >= 0.6 is 0 Å². The molecule has 3 aromatic rings. The maximum atomic E-state index is 13.3. The molecule has 0 amide bonds. The Kier molecular flexibility index (Phi) is 8.00. The lowest BCUT2D eigenvalue weighted by Crippen LogP contribution is -2.51. The molecule has 2 aliphatic rings. The Bertz CT molecular complexity index is 1410. The van der Waals surface area contributed by atoms with Crippen LogP contribution < -0.4 is 10.2 Å². The van der Waals surface area contributed by atoms with E-state index in [2.05, 4.69) is 20.2 Å². The van der Waals surface area contributed by atoms with E-state index in [0.29, 0.717) is 32.1 Å². The van der Waals surface area contributed by atoms with Gasteiger partial charge in [-0.25, -0.2) is 18.4 Å². The molecule has 5 rings (SSSR count). The summed E-state index contributed by atoms with van der Waals surface area (Å²) in [6.45, 7) is 1.39. The number of nitrogens with zero attached hydrogens (tertiary/aromatic N) is 4. The van der Waals surface area contributed by atoms with Gasteiger partial charge in [0.25, 0.3) is 0 Å². The number of hydrogen-bond donors (Lipinski definition) is 3. The number of hydrogen-bond acceptors (Lipinski definition) is 8. The third-order valence-electron chi connectivity index (χ3n) is 7.33. The van der Waals surface area contributed by atoms with Crippen LogP contribution in [0.15, 0.2) is 65.8 Å². The monoisotopic (exact) mass is 577 g/mol. The fraction of sp³-hybridized carbons (Fsp3) is 0.407. The van der Waals surface area contributed by atoms with Gasteiger partial charge in [-0.05, 0) is 66.8 Å². The minimum Gasteiger partial charge on any atom is -0.393 e. The van der Waals surface area contributed by atoms with Crippen molar-refractivity contribution < 1.29 is 31.8 Å². The molecule has 2 fully saturated rings. The standard InChI is InChI=1S/C27H30F3N5O4S/c28-27(29,30)20-3-6-25(32-16-20)33-23-10-14-35(17-24(23)37)40(38,39)22-4-1-18(2-5-22)19-7-11-31-26(15-19)34-12-8-21(36)9-13-34/h1-7,11,15-16,21,23-24,36-37H,8-10,12-14,17H2,(H,32,33)/t23-,24+/m1/s1. The van der Waals surface area contributed by atoms with Crippen LogP contribution in [0.1, 0.15) is 24.8 Å². The lowest BCUT2D eigenvalue weighted by Gasteiger charge is -2.35. The molecule has 0 spiro atoms. The number of aliphatic hydroxyl groups excluding tert-OH is 2. The number of alkyl halides is 3. The molecule has 2 atom stereocenters. The van der Waals surface area contributed by atoms with Gasteiger partial charge in [0.15, 0.2) is 0 Å². The van der Waals surface area contributed by atoms with Gasteiger partial charge in [0.05, 0.1) is 28.7 Å². The van der Waals surface area contributed by atoms with Gasteiger partial charge < -0.3 is 20.4 Å². The van der Waals surface area contributed by atoms with Crippen LogP contribution in [0.25, 0.3) is 11.1 Å². The van der Waals surface area contributed by atoms with Crippen LogP contribution in [0.2, 0.25) is 0 Å². The zero-order valence-corrected chi connectivity index (χ0v) is 22.3. The second kappa shape index (κ2) is 11.3. The summed E-state index contributed by atoms with van der Waals surface area (Å²) in [4.78, 5) is 10.4. The van der Waals surface area contributed by atoms with Crippen molar-refractivity contribution in [2.75, 3.05) is 36.4 Å². The lowest BCUT2D eigenvalue weighted by atomic mass is 10.0. The summed E-state index contributed by atoms with van der Waals surface area (Å²) in [5.41, 5.74) is 0.837. The van der Waals surface area contributed by atoms with E-state index in [9.17, 15) is 31.8 Å². The number of halogens is 3. The van der Waals surface area contributed by atoms with Gasteiger partial charge in [-0.1, -0.05) is 12.1 Å². The van der Waals surface area contributed by atoms with E-state index in [1.165, 1.54) is 22.5 Å². The summed E-state index contributed by atoms with van der Waals surface area (Å²) in [5, 5.41) is 23.3. The molecule has 0 saturated carbocycles. The molecule has 0 bridgehead atoms. The first-order valence-corrected chi connectivity index (χ1v) is 14.4. The Morgan fingerprint density at radius 1 is 0.900 bits per heavy atom. The number of nitrogens with one attached hydrogen (secondary N) is 1. The summed E-state index contributed by atoms with van der Waals surface area (Å²) in [5.74, 6) is 0.971. The number of anilines is 2. The SMILES string of the molecule is O=S(=O)(c1ccc(-c2ccnc(N3CCC(O)CC3)c2)cc1)N1CC[C@@H](Nc2ccc(C(F)(F)F)cn2)[C@@H](O)C1. The van der Waals surface area contributed by atoms with Crippen LogP contribution in [-0.2, 0) is 16.2 Å². The van der Waals surface area contributed by atoms with Crippen molar-refractivity contribution in [3.8, 4) is 11.1 Å². The third kappa shape index (κ3) is 6.22. The van der Waals surface area contributed by atoms with Crippen LogP contribution in [0.3, 0.4) is 0 Å². The minimum absolute atomic E-state index is 0.0959. The minimum atomic E-state index is -4.50. The van der Waals surface area contributed by atoms with E-state index in [1.807, 2.05) is 12.1 Å². The van der Waals surface area contributed by atoms with Crippen LogP contribution in [0, 0.1) is 0 Å². The van der Waals surface area contributed by atoms with E-state index >= 15 is 0 Å². The van der Waals surface area contributed by atoms with Gasteiger partial charge in [-0.2, -0.15) is 17.5 Å².